The smallest absolute Gasteiger partial charge is 0.462 e. The van der Waals surface area contributed by atoms with E-state index in [1.807, 2.05) is 0 Å². The largest absolute Gasteiger partial charge is 0.472 e. The molecule has 5 atom stereocenters. The first-order chi connectivity index (χ1) is 43.4. The van der Waals surface area contributed by atoms with Crippen molar-refractivity contribution in [2.24, 2.45) is 11.8 Å². The lowest BCUT2D eigenvalue weighted by Gasteiger charge is -2.21. The zero-order valence-electron chi connectivity index (χ0n) is 58.4. The van der Waals surface area contributed by atoms with Gasteiger partial charge < -0.3 is 33.8 Å². The lowest BCUT2D eigenvalue weighted by Crippen LogP contribution is -2.30. The molecule has 0 aromatic carbocycles. The molecule has 0 radical (unpaired) electrons. The monoisotopic (exact) mass is 1320 g/mol. The van der Waals surface area contributed by atoms with Crippen molar-refractivity contribution in [1.29, 1.82) is 0 Å². The Morgan fingerprint density at radius 1 is 0.300 bits per heavy atom. The van der Waals surface area contributed by atoms with E-state index in [-0.39, 0.29) is 25.7 Å². The molecule has 19 heteroatoms. The molecule has 0 saturated carbocycles. The highest BCUT2D eigenvalue weighted by Gasteiger charge is 2.30. The van der Waals surface area contributed by atoms with Crippen molar-refractivity contribution in [2.75, 3.05) is 39.6 Å². The predicted molar refractivity (Wildman–Crippen MR) is 363 cm³/mol. The minimum Gasteiger partial charge on any atom is -0.462 e. The van der Waals surface area contributed by atoms with Gasteiger partial charge in [0, 0.05) is 25.7 Å². The van der Waals surface area contributed by atoms with E-state index in [9.17, 15) is 43.2 Å². The van der Waals surface area contributed by atoms with Crippen molar-refractivity contribution >= 4 is 39.5 Å². The van der Waals surface area contributed by atoms with Crippen LogP contribution in [0, 0.1) is 11.8 Å². The number of phosphoric acid groups is 2. The number of rotatable bonds is 70. The number of carbonyl (C=O) groups is 4. The molecule has 0 aliphatic heterocycles. The van der Waals surface area contributed by atoms with Gasteiger partial charge in [-0.05, 0) is 37.5 Å². The number of aliphatic hydroxyl groups is 1. The van der Waals surface area contributed by atoms with E-state index >= 15 is 0 Å². The standard InChI is InChI=1S/C71H138O17P2/c1-7-9-11-13-14-15-16-17-21-26-32-37-43-49-55-70(75)87-66(59-81-68(73)53-47-39-12-10-8-2)61-85-89(77,78)83-57-65(72)58-84-90(79,80)86-62-67(60-82-69(74)54-48-42-36-31-28-23-25-30-35-41-46-52-64(5)6)88-71(76)56-50-44-38-33-27-22-19-18-20-24-29-34-40-45-51-63(3)4/h63-67,72H,7-62H2,1-6H3,(H,77,78)(H,79,80)/t65-,66+,67+/m0/s1. The summed E-state index contributed by atoms with van der Waals surface area (Å²) in [6.07, 6.45) is 48.9. The molecule has 0 saturated heterocycles. The summed E-state index contributed by atoms with van der Waals surface area (Å²) in [4.78, 5) is 72.3. The van der Waals surface area contributed by atoms with Gasteiger partial charge >= 0.3 is 39.5 Å². The topological polar surface area (TPSA) is 237 Å². The Bertz CT molecular complexity index is 1750. The zero-order chi connectivity index (χ0) is 66.5. The molecule has 0 bridgehead atoms. The van der Waals surface area contributed by atoms with Crippen LogP contribution in [0.1, 0.15) is 363 Å². The number of carbonyl (C=O) groups excluding carboxylic acids is 4. The van der Waals surface area contributed by atoms with E-state index in [0.717, 1.165) is 108 Å². The molecular formula is C71H138O17P2. The van der Waals surface area contributed by atoms with Crippen molar-refractivity contribution in [3.8, 4) is 0 Å². The molecule has 534 valence electrons. The molecule has 0 aromatic rings. The van der Waals surface area contributed by atoms with Crippen LogP contribution in [-0.2, 0) is 65.4 Å². The van der Waals surface area contributed by atoms with Crippen molar-refractivity contribution in [3.63, 3.8) is 0 Å². The Morgan fingerprint density at radius 2 is 0.511 bits per heavy atom. The molecule has 0 fully saturated rings. The average Bonchev–Trinajstić information content (AvgIpc) is 3.35. The highest BCUT2D eigenvalue weighted by molar-refractivity contribution is 7.47. The Kier molecular flexibility index (Phi) is 61.8. The minimum atomic E-state index is -4.95. The number of aliphatic hydroxyl groups excluding tert-OH is 1. The maximum atomic E-state index is 13.0. The number of hydrogen-bond donors (Lipinski definition) is 3. The van der Waals surface area contributed by atoms with Crippen LogP contribution < -0.4 is 0 Å². The second kappa shape index (κ2) is 63.1. The van der Waals surface area contributed by atoms with Gasteiger partial charge in [0.15, 0.2) is 12.2 Å². The fourth-order valence-electron chi connectivity index (χ4n) is 10.8. The molecule has 0 aliphatic carbocycles. The van der Waals surface area contributed by atoms with Crippen LogP contribution in [0.4, 0.5) is 0 Å². The van der Waals surface area contributed by atoms with E-state index in [4.69, 9.17) is 37.0 Å². The van der Waals surface area contributed by atoms with Crippen LogP contribution in [0.3, 0.4) is 0 Å². The van der Waals surface area contributed by atoms with Gasteiger partial charge in [-0.3, -0.25) is 37.3 Å². The summed E-state index contributed by atoms with van der Waals surface area (Å²) in [5.41, 5.74) is 0. The molecule has 17 nitrogen and oxygen atoms in total. The first-order valence-electron chi connectivity index (χ1n) is 37.0. The lowest BCUT2D eigenvalue weighted by atomic mass is 10.0. The molecule has 0 spiro atoms. The Hall–Kier alpha value is -1.94. The van der Waals surface area contributed by atoms with E-state index < -0.39 is 97.5 Å². The Morgan fingerprint density at radius 3 is 0.756 bits per heavy atom. The lowest BCUT2D eigenvalue weighted by molar-refractivity contribution is -0.161. The summed E-state index contributed by atoms with van der Waals surface area (Å²) in [5, 5.41) is 10.6. The number of esters is 4. The van der Waals surface area contributed by atoms with E-state index in [1.54, 1.807) is 0 Å². The molecule has 0 heterocycles. The maximum Gasteiger partial charge on any atom is 0.472 e. The normalized spacial score (nSPS) is 14.1. The number of ether oxygens (including phenoxy) is 4. The van der Waals surface area contributed by atoms with Gasteiger partial charge in [-0.2, -0.15) is 0 Å². The highest BCUT2D eigenvalue weighted by atomic mass is 31.2. The second-order valence-electron chi connectivity index (χ2n) is 26.6. The van der Waals surface area contributed by atoms with Crippen LogP contribution in [-0.4, -0.2) is 96.7 Å². The fourth-order valence-corrected chi connectivity index (χ4v) is 12.3. The number of hydrogen-bond acceptors (Lipinski definition) is 15. The average molecular weight is 1330 g/mol. The quantitative estimate of drug-likeness (QED) is 0.0222. The van der Waals surface area contributed by atoms with Crippen LogP contribution in [0.15, 0.2) is 0 Å². The third-order valence-corrected chi connectivity index (χ3v) is 18.4. The summed E-state index contributed by atoms with van der Waals surface area (Å²) in [6.45, 7) is 9.50. The van der Waals surface area contributed by atoms with Gasteiger partial charge in [-0.15, -0.1) is 0 Å². The summed E-state index contributed by atoms with van der Waals surface area (Å²) in [6, 6.07) is 0. The van der Waals surface area contributed by atoms with Crippen LogP contribution >= 0.6 is 15.6 Å². The van der Waals surface area contributed by atoms with Crippen molar-refractivity contribution in [1.82, 2.24) is 0 Å². The van der Waals surface area contributed by atoms with E-state index in [0.29, 0.717) is 25.7 Å². The highest BCUT2D eigenvalue weighted by Crippen LogP contribution is 2.45. The number of phosphoric ester groups is 2. The first-order valence-corrected chi connectivity index (χ1v) is 40.0. The molecule has 90 heavy (non-hydrogen) atoms. The molecule has 0 aromatic heterocycles. The molecule has 0 rings (SSSR count). The van der Waals surface area contributed by atoms with E-state index in [1.165, 1.54) is 173 Å². The van der Waals surface area contributed by atoms with Crippen molar-refractivity contribution in [2.45, 2.75) is 381 Å². The maximum absolute atomic E-state index is 13.0. The molecule has 3 N–H and O–H groups in total. The van der Waals surface area contributed by atoms with Crippen LogP contribution in [0.2, 0.25) is 0 Å². The zero-order valence-corrected chi connectivity index (χ0v) is 60.2. The fraction of sp³-hybridized carbons (Fsp3) is 0.944. The van der Waals surface area contributed by atoms with Gasteiger partial charge in [0.1, 0.15) is 19.3 Å². The summed E-state index contributed by atoms with van der Waals surface area (Å²) in [5.74, 6) is -0.566. The minimum absolute atomic E-state index is 0.107. The molecular weight excluding hydrogens is 1190 g/mol. The first kappa shape index (κ1) is 88.1. The third-order valence-electron chi connectivity index (χ3n) is 16.5. The molecule has 0 aliphatic rings. The van der Waals surface area contributed by atoms with E-state index in [2.05, 4.69) is 41.5 Å². The summed E-state index contributed by atoms with van der Waals surface area (Å²) in [7, 11) is -9.89. The Labute approximate surface area is 549 Å². The SMILES string of the molecule is CCCCCCCCCCCCCCCCC(=O)O[C@H](COC(=O)CCCCCCC)COP(=O)(O)OC[C@H](O)COP(=O)(O)OC[C@@H](COC(=O)CCCCCCCCCCCCCC(C)C)OC(=O)CCCCCCCCCCCCCCCCC(C)C. The van der Waals surface area contributed by atoms with Crippen LogP contribution in [0.25, 0.3) is 0 Å². The third kappa shape index (κ3) is 64.8. The summed E-state index contributed by atoms with van der Waals surface area (Å²) < 4.78 is 68.1. The number of unbranched alkanes of at least 4 members (excludes halogenated alkanes) is 40. The van der Waals surface area contributed by atoms with Gasteiger partial charge in [0.2, 0.25) is 0 Å². The second-order valence-corrected chi connectivity index (χ2v) is 29.5. The molecule has 0 amide bonds. The van der Waals surface area contributed by atoms with Crippen molar-refractivity contribution in [3.05, 3.63) is 0 Å². The summed E-state index contributed by atoms with van der Waals surface area (Å²) >= 11 is 0. The van der Waals surface area contributed by atoms with Gasteiger partial charge in [-0.25, -0.2) is 9.13 Å². The Balaban J connectivity index is 5.16. The van der Waals surface area contributed by atoms with Gasteiger partial charge in [0.05, 0.1) is 26.4 Å². The molecule has 2 unspecified atom stereocenters. The predicted octanol–water partition coefficient (Wildman–Crippen LogP) is 20.4. The van der Waals surface area contributed by atoms with Gasteiger partial charge in [-0.1, -0.05) is 311 Å². The van der Waals surface area contributed by atoms with Crippen molar-refractivity contribution < 1.29 is 80.2 Å². The van der Waals surface area contributed by atoms with Gasteiger partial charge in [0.25, 0.3) is 0 Å². The van der Waals surface area contributed by atoms with Crippen LogP contribution in [0.5, 0.6) is 0 Å².